The average molecular weight is 365 g/mol. The van der Waals surface area contributed by atoms with Crippen LogP contribution in [-0.2, 0) is 6.54 Å². The first-order valence-corrected chi connectivity index (χ1v) is 6.88. The molecule has 2 nitrogen and oxygen atoms in total. The highest BCUT2D eigenvalue weighted by atomic mass is 79.9. The first kappa shape index (κ1) is 14.4. The minimum atomic E-state index is -0.489. The van der Waals surface area contributed by atoms with Gasteiger partial charge < -0.3 is 10.4 Å². The third-order valence-corrected chi connectivity index (χ3v) is 4.23. The van der Waals surface area contributed by atoms with Gasteiger partial charge in [-0.05, 0) is 45.8 Å². The molecule has 0 saturated heterocycles. The Labute approximate surface area is 128 Å². The van der Waals surface area contributed by atoms with E-state index in [-0.39, 0.29) is 5.75 Å². The van der Waals surface area contributed by atoms with E-state index in [9.17, 15) is 9.50 Å². The van der Waals surface area contributed by atoms with E-state index in [1.165, 1.54) is 12.1 Å². The Morgan fingerprint density at radius 1 is 1.16 bits per heavy atom. The fraction of sp³-hybridized carbons (Fsp3) is 0.0769. The largest absolute Gasteiger partial charge is 0.508 e. The summed E-state index contributed by atoms with van der Waals surface area (Å²) in [5.74, 6) is -0.603. The van der Waals surface area contributed by atoms with Crippen molar-refractivity contribution in [2.24, 2.45) is 0 Å². The predicted octanol–water partition coefficient (Wildman–Crippen LogP) is 5.21. The van der Waals surface area contributed by atoms with Gasteiger partial charge in [0.1, 0.15) is 11.6 Å². The number of hydrogen-bond acceptors (Lipinski definition) is 2. The van der Waals surface area contributed by atoms with Gasteiger partial charge in [-0.2, -0.15) is 0 Å². The second-order valence-electron chi connectivity index (χ2n) is 3.89. The molecule has 0 fully saturated rings. The fourth-order valence-corrected chi connectivity index (χ4v) is 2.44. The number of rotatable bonds is 3. The van der Waals surface area contributed by atoms with Gasteiger partial charge in [0.25, 0.3) is 0 Å². The number of halogens is 4. The van der Waals surface area contributed by atoms with E-state index in [1.807, 2.05) is 0 Å². The van der Waals surface area contributed by atoms with E-state index < -0.39 is 5.82 Å². The minimum Gasteiger partial charge on any atom is -0.508 e. The van der Waals surface area contributed by atoms with E-state index in [4.69, 9.17) is 23.2 Å². The third-order valence-electron chi connectivity index (χ3n) is 2.46. The summed E-state index contributed by atoms with van der Waals surface area (Å²) >= 11 is 15.3. The van der Waals surface area contributed by atoms with Crippen molar-refractivity contribution in [3.05, 3.63) is 56.2 Å². The van der Waals surface area contributed by atoms with Crippen molar-refractivity contribution in [1.29, 1.82) is 0 Å². The predicted molar refractivity (Wildman–Crippen MR) is 79.6 cm³/mol. The molecule has 19 heavy (non-hydrogen) atoms. The number of anilines is 1. The number of aromatic hydroxyl groups is 1. The molecule has 0 heterocycles. The van der Waals surface area contributed by atoms with E-state index in [2.05, 4.69) is 21.2 Å². The summed E-state index contributed by atoms with van der Waals surface area (Å²) in [4.78, 5) is 0. The zero-order chi connectivity index (χ0) is 14.0. The molecule has 0 aliphatic rings. The summed E-state index contributed by atoms with van der Waals surface area (Å²) in [7, 11) is 0. The summed E-state index contributed by atoms with van der Waals surface area (Å²) in [6.45, 7) is 0.322. The van der Waals surface area contributed by atoms with Crippen LogP contribution in [0.25, 0.3) is 0 Å². The maximum atomic E-state index is 13.1. The van der Waals surface area contributed by atoms with Crippen molar-refractivity contribution < 1.29 is 9.50 Å². The lowest BCUT2D eigenvalue weighted by atomic mass is 10.2. The highest BCUT2D eigenvalue weighted by Gasteiger charge is 2.08. The maximum absolute atomic E-state index is 13.1. The third kappa shape index (κ3) is 3.53. The first-order valence-electron chi connectivity index (χ1n) is 5.33. The van der Waals surface area contributed by atoms with E-state index in [1.54, 1.807) is 12.1 Å². The van der Waals surface area contributed by atoms with Crippen LogP contribution in [0.5, 0.6) is 5.75 Å². The van der Waals surface area contributed by atoms with Crippen LogP contribution in [-0.4, -0.2) is 5.11 Å². The van der Waals surface area contributed by atoms with Crippen LogP contribution >= 0.6 is 39.1 Å². The number of benzene rings is 2. The van der Waals surface area contributed by atoms with Crippen molar-refractivity contribution in [1.82, 2.24) is 0 Å². The lowest BCUT2D eigenvalue weighted by Gasteiger charge is -2.10. The number of phenols is 1. The van der Waals surface area contributed by atoms with E-state index >= 15 is 0 Å². The normalized spacial score (nSPS) is 10.5. The molecule has 2 N–H and O–H groups in total. The molecule has 2 aromatic rings. The van der Waals surface area contributed by atoms with Gasteiger partial charge in [-0.1, -0.05) is 23.2 Å². The molecule has 0 amide bonds. The first-order chi connectivity index (χ1) is 8.97. The molecule has 0 aliphatic heterocycles. The van der Waals surface area contributed by atoms with Crippen LogP contribution in [0.4, 0.5) is 10.1 Å². The standard InChI is InChI=1S/C13H9BrCl2FNO/c14-10-1-2-11(13(16)12(10)15)18-6-7-3-8(17)5-9(19)4-7/h1-5,18-19H,6H2. The van der Waals surface area contributed by atoms with Gasteiger partial charge in [0.15, 0.2) is 0 Å². The van der Waals surface area contributed by atoms with Crippen molar-refractivity contribution >= 4 is 44.8 Å². The Morgan fingerprint density at radius 2 is 1.89 bits per heavy atom. The summed E-state index contributed by atoms with van der Waals surface area (Å²) in [6.07, 6.45) is 0. The average Bonchev–Trinajstić information content (AvgIpc) is 2.34. The number of hydrogen-bond donors (Lipinski definition) is 2. The van der Waals surface area contributed by atoms with Crippen LogP contribution < -0.4 is 5.32 Å². The second kappa shape index (κ2) is 5.99. The zero-order valence-electron chi connectivity index (χ0n) is 9.55. The van der Waals surface area contributed by atoms with Gasteiger partial charge in [0, 0.05) is 17.1 Å². The molecule has 6 heteroatoms. The highest BCUT2D eigenvalue weighted by Crippen LogP contribution is 2.36. The molecule has 0 spiro atoms. The van der Waals surface area contributed by atoms with Crippen molar-refractivity contribution in [2.75, 3.05) is 5.32 Å². The van der Waals surface area contributed by atoms with Gasteiger partial charge in [0.2, 0.25) is 0 Å². The lowest BCUT2D eigenvalue weighted by molar-refractivity contribution is 0.468. The monoisotopic (exact) mass is 363 g/mol. The summed E-state index contributed by atoms with van der Waals surface area (Å²) in [5, 5.41) is 13.1. The molecule has 0 radical (unpaired) electrons. The Kier molecular flexibility index (Phi) is 4.55. The fourth-order valence-electron chi connectivity index (χ4n) is 1.60. The van der Waals surface area contributed by atoms with Crippen molar-refractivity contribution in [3.63, 3.8) is 0 Å². The second-order valence-corrected chi connectivity index (χ2v) is 5.50. The van der Waals surface area contributed by atoms with Gasteiger partial charge in [-0.3, -0.25) is 0 Å². The Hall–Kier alpha value is -0.970. The summed E-state index contributed by atoms with van der Waals surface area (Å²) in [5.41, 5.74) is 1.24. The molecule has 0 aromatic heterocycles. The number of phenolic OH excluding ortho intramolecular Hbond substituents is 1. The molecule has 2 rings (SSSR count). The van der Waals surface area contributed by atoms with Gasteiger partial charge in [-0.15, -0.1) is 0 Å². The van der Waals surface area contributed by atoms with E-state index in [0.717, 1.165) is 6.07 Å². The van der Waals surface area contributed by atoms with Crippen molar-refractivity contribution in [2.45, 2.75) is 6.54 Å². The van der Waals surface area contributed by atoms with Crippen LogP contribution in [0.15, 0.2) is 34.8 Å². The minimum absolute atomic E-state index is 0.114. The molecule has 0 atom stereocenters. The highest BCUT2D eigenvalue weighted by molar-refractivity contribution is 9.10. The van der Waals surface area contributed by atoms with Gasteiger partial charge in [-0.25, -0.2) is 4.39 Å². The van der Waals surface area contributed by atoms with Crippen LogP contribution in [0.1, 0.15) is 5.56 Å². The zero-order valence-corrected chi connectivity index (χ0v) is 12.7. The SMILES string of the molecule is Oc1cc(F)cc(CNc2ccc(Br)c(Cl)c2Cl)c1. The number of nitrogens with one attached hydrogen (secondary N) is 1. The molecule has 2 aromatic carbocycles. The maximum Gasteiger partial charge on any atom is 0.127 e. The molecule has 0 unspecified atom stereocenters. The Balaban J connectivity index is 2.17. The summed E-state index contributed by atoms with van der Waals surface area (Å²) in [6, 6.07) is 7.38. The molecule has 0 aliphatic carbocycles. The van der Waals surface area contributed by atoms with Crippen molar-refractivity contribution in [3.8, 4) is 5.75 Å². The quantitative estimate of drug-likeness (QED) is 0.732. The van der Waals surface area contributed by atoms with Crippen LogP contribution in [0, 0.1) is 5.82 Å². The van der Waals surface area contributed by atoms with Gasteiger partial charge >= 0.3 is 0 Å². The Bertz CT molecular complexity index is 602. The molecular weight excluding hydrogens is 356 g/mol. The topological polar surface area (TPSA) is 32.3 Å². The van der Waals surface area contributed by atoms with E-state index in [0.29, 0.717) is 32.3 Å². The molecule has 100 valence electrons. The van der Waals surface area contributed by atoms with Gasteiger partial charge in [0.05, 0.1) is 15.7 Å². The molecular formula is C13H9BrCl2FNO. The smallest absolute Gasteiger partial charge is 0.127 e. The Morgan fingerprint density at radius 3 is 2.58 bits per heavy atom. The van der Waals surface area contributed by atoms with Crippen LogP contribution in [0.3, 0.4) is 0 Å². The lowest BCUT2D eigenvalue weighted by Crippen LogP contribution is -2.00. The summed E-state index contributed by atoms with van der Waals surface area (Å²) < 4.78 is 13.8. The molecule has 0 saturated carbocycles. The molecule has 0 bridgehead atoms. The van der Waals surface area contributed by atoms with Crippen LogP contribution in [0.2, 0.25) is 10.0 Å².